The van der Waals surface area contributed by atoms with Gasteiger partial charge in [-0.3, -0.25) is 9.89 Å². The summed E-state index contributed by atoms with van der Waals surface area (Å²) in [5.74, 6) is 1.87. The molecular formula is C22H31FN4S. The third kappa shape index (κ3) is 6.04. The molecule has 0 radical (unpaired) electrons. The average molecular weight is 403 g/mol. The molecule has 1 atom stereocenters. The lowest BCUT2D eigenvalue weighted by molar-refractivity contribution is 0.176. The molecule has 152 valence electrons. The van der Waals surface area contributed by atoms with Crippen LogP contribution in [0.5, 0.6) is 0 Å². The Morgan fingerprint density at radius 3 is 2.71 bits per heavy atom. The number of hydrogen-bond donors (Lipinski definition) is 2. The molecule has 28 heavy (non-hydrogen) atoms. The fraction of sp³-hybridized carbons (Fsp3) is 0.500. The van der Waals surface area contributed by atoms with Crippen LogP contribution in [0.3, 0.4) is 0 Å². The highest BCUT2D eigenvalue weighted by molar-refractivity contribution is 7.07. The fourth-order valence-electron chi connectivity index (χ4n) is 3.60. The summed E-state index contributed by atoms with van der Waals surface area (Å²) in [4.78, 5) is 6.70. The van der Waals surface area contributed by atoms with Gasteiger partial charge in [0.15, 0.2) is 5.96 Å². The molecular weight excluding hydrogens is 371 g/mol. The number of thiophene rings is 1. The molecule has 1 aromatic carbocycles. The zero-order valence-corrected chi connectivity index (χ0v) is 17.6. The molecule has 0 aliphatic carbocycles. The highest BCUT2D eigenvalue weighted by Gasteiger charge is 2.20. The van der Waals surface area contributed by atoms with E-state index < -0.39 is 0 Å². The van der Waals surface area contributed by atoms with E-state index in [9.17, 15) is 4.39 Å². The molecule has 1 unspecified atom stereocenters. The van der Waals surface area contributed by atoms with E-state index in [0.29, 0.717) is 18.4 Å². The summed E-state index contributed by atoms with van der Waals surface area (Å²) in [5, 5.41) is 11.2. The number of nitrogens with zero attached hydrogens (tertiary/aromatic N) is 2. The summed E-state index contributed by atoms with van der Waals surface area (Å²) in [6.07, 6.45) is 2.26. The molecule has 2 N–H and O–H groups in total. The van der Waals surface area contributed by atoms with Crippen LogP contribution in [0.4, 0.5) is 4.39 Å². The fourth-order valence-corrected chi connectivity index (χ4v) is 4.38. The first kappa shape index (κ1) is 20.8. The van der Waals surface area contributed by atoms with Crippen LogP contribution in [-0.4, -0.2) is 44.1 Å². The minimum atomic E-state index is -0.0992. The number of piperidine rings is 1. The van der Waals surface area contributed by atoms with Crippen LogP contribution in [0, 0.1) is 11.7 Å². The highest BCUT2D eigenvalue weighted by atomic mass is 32.1. The van der Waals surface area contributed by atoms with Gasteiger partial charge < -0.3 is 10.6 Å². The van der Waals surface area contributed by atoms with Crippen LogP contribution in [0.2, 0.25) is 0 Å². The van der Waals surface area contributed by atoms with Gasteiger partial charge in [0.1, 0.15) is 5.82 Å². The summed E-state index contributed by atoms with van der Waals surface area (Å²) in [7, 11) is 1.82. The molecule has 4 nitrogen and oxygen atoms in total. The highest BCUT2D eigenvalue weighted by Crippen LogP contribution is 2.20. The van der Waals surface area contributed by atoms with Gasteiger partial charge in [-0.1, -0.05) is 25.1 Å². The molecule has 6 heteroatoms. The van der Waals surface area contributed by atoms with Gasteiger partial charge in [0, 0.05) is 32.2 Å². The summed E-state index contributed by atoms with van der Waals surface area (Å²) in [6, 6.07) is 9.27. The summed E-state index contributed by atoms with van der Waals surface area (Å²) in [5.41, 5.74) is 2.17. The Bertz CT molecular complexity index is 739. The van der Waals surface area contributed by atoms with E-state index in [1.165, 1.54) is 5.56 Å². The maximum atomic E-state index is 13.8. The van der Waals surface area contributed by atoms with Crippen molar-refractivity contribution in [3.05, 3.63) is 58.0 Å². The van der Waals surface area contributed by atoms with E-state index >= 15 is 0 Å². The average Bonchev–Trinajstić information content (AvgIpc) is 3.26. The van der Waals surface area contributed by atoms with Crippen LogP contribution in [-0.2, 0) is 6.54 Å². The quantitative estimate of drug-likeness (QED) is 0.542. The van der Waals surface area contributed by atoms with E-state index in [-0.39, 0.29) is 5.82 Å². The number of halogens is 1. The zero-order chi connectivity index (χ0) is 19.8. The first-order valence-electron chi connectivity index (χ1n) is 10.1. The molecule has 0 spiro atoms. The van der Waals surface area contributed by atoms with Crippen molar-refractivity contribution < 1.29 is 4.39 Å². The Hall–Kier alpha value is -1.92. The maximum absolute atomic E-state index is 13.8. The van der Waals surface area contributed by atoms with E-state index in [4.69, 9.17) is 0 Å². The summed E-state index contributed by atoms with van der Waals surface area (Å²) >= 11 is 1.74. The number of benzene rings is 1. The van der Waals surface area contributed by atoms with Gasteiger partial charge in [0.05, 0.1) is 0 Å². The van der Waals surface area contributed by atoms with Crippen molar-refractivity contribution in [3.63, 3.8) is 0 Å². The molecule has 1 aromatic heterocycles. The van der Waals surface area contributed by atoms with Crippen molar-refractivity contribution >= 4 is 17.3 Å². The predicted octanol–water partition coefficient (Wildman–Crippen LogP) is 4.07. The van der Waals surface area contributed by atoms with Gasteiger partial charge in [0.25, 0.3) is 0 Å². The second-order valence-corrected chi connectivity index (χ2v) is 8.38. The SMILES string of the molecule is CN=C(NCC1CCN(Cc2ccccc2F)CC1)NCC(C)c1ccsc1. The molecule has 2 aromatic rings. The molecule has 0 bridgehead atoms. The summed E-state index contributed by atoms with van der Waals surface area (Å²) in [6.45, 7) is 6.77. The lowest BCUT2D eigenvalue weighted by atomic mass is 9.96. The van der Waals surface area contributed by atoms with Crippen molar-refractivity contribution in [1.82, 2.24) is 15.5 Å². The van der Waals surface area contributed by atoms with Crippen LogP contribution >= 0.6 is 11.3 Å². The molecule has 1 aliphatic heterocycles. The lowest BCUT2D eigenvalue weighted by Gasteiger charge is -2.32. The summed E-state index contributed by atoms with van der Waals surface area (Å²) < 4.78 is 13.8. The largest absolute Gasteiger partial charge is 0.356 e. The molecule has 0 amide bonds. The number of guanidine groups is 1. The number of aliphatic imine (C=N–C) groups is 1. The Labute approximate surface area is 171 Å². The molecule has 0 saturated carbocycles. The van der Waals surface area contributed by atoms with Gasteiger partial charge in [-0.25, -0.2) is 4.39 Å². The van der Waals surface area contributed by atoms with Crippen molar-refractivity contribution in [2.45, 2.75) is 32.2 Å². The number of hydrogen-bond acceptors (Lipinski definition) is 3. The van der Waals surface area contributed by atoms with Crippen LogP contribution in [0.25, 0.3) is 0 Å². The third-order valence-corrected chi connectivity index (χ3v) is 6.23. The van der Waals surface area contributed by atoms with E-state index in [1.54, 1.807) is 23.5 Å². The Kier molecular flexibility index (Phi) is 7.86. The minimum absolute atomic E-state index is 0.0992. The monoisotopic (exact) mass is 402 g/mol. The smallest absolute Gasteiger partial charge is 0.191 e. The first-order valence-corrected chi connectivity index (χ1v) is 11.0. The molecule has 3 rings (SSSR count). The van der Waals surface area contributed by atoms with Crippen molar-refractivity contribution in [1.29, 1.82) is 0 Å². The number of rotatable bonds is 7. The molecule has 2 heterocycles. The van der Waals surface area contributed by atoms with Gasteiger partial charge in [-0.15, -0.1) is 0 Å². The van der Waals surface area contributed by atoms with Crippen molar-refractivity contribution in [2.75, 3.05) is 33.2 Å². The first-order chi connectivity index (χ1) is 13.7. The van der Waals surface area contributed by atoms with Crippen LogP contribution in [0.15, 0.2) is 46.1 Å². The second kappa shape index (κ2) is 10.6. The van der Waals surface area contributed by atoms with E-state index in [0.717, 1.165) is 50.5 Å². The van der Waals surface area contributed by atoms with Crippen molar-refractivity contribution in [3.8, 4) is 0 Å². The standard InChI is InChI=1S/C22H31FN4S/c1-17(20-9-12-28-16-20)13-25-22(24-2)26-14-18-7-10-27(11-8-18)15-19-5-3-4-6-21(19)23/h3-6,9,12,16-18H,7-8,10-11,13-15H2,1-2H3,(H2,24,25,26). The predicted molar refractivity (Wildman–Crippen MR) is 116 cm³/mol. The third-order valence-electron chi connectivity index (χ3n) is 5.53. The molecule has 1 saturated heterocycles. The van der Waals surface area contributed by atoms with Gasteiger partial charge >= 0.3 is 0 Å². The Morgan fingerprint density at radius 2 is 2.04 bits per heavy atom. The zero-order valence-electron chi connectivity index (χ0n) is 16.8. The van der Waals surface area contributed by atoms with Crippen LogP contribution in [0.1, 0.15) is 36.8 Å². The van der Waals surface area contributed by atoms with E-state index in [2.05, 4.69) is 44.3 Å². The number of likely N-dealkylation sites (tertiary alicyclic amines) is 1. The van der Waals surface area contributed by atoms with E-state index in [1.807, 2.05) is 19.2 Å². The molecule has 1 fully saturated rings. The van der Waals surface area contributed by atoms with Gasteiger partial charge in [0.2, 0.25) is 0 Å². The van der Waals surface area contributed by atoms with Crippen molar-refractivity contribution in [2.24, 2.45) is 10.9 Å². The number of nitrogens with one attached hydrogen (secondary N) is 2. The maximum Gasteiger partial charge on any atom is 0.191 e. The van der Waals surface area contributed by atoms with Crippen LogP contribution < -0.4 is 10.6 Å². The Morgan fingerprint density at radius 1 is 1.25 bits per heavy atom. The topological polar surface area (TPSA) is 39.7 Å². The van der Waals surface area contributed by atoms with Gasteiger partial charge in [-0.2, -0.15) is 11.3 Å². The normalized spacial score (nSPS) is 17.5. The second-order valence-electron chi connectivity index (χ2n) is 7.60. The Balaban J connectivity index is 1.36. The minimum Gasteiger partial charge on any atom is -0.356 e. The molecule has 1 aliphatic rings. The van der Waals surface area contributed by atoms with Gasteiger partial charge in [-0.05, 0) is 66.2 Å². The lowest BCUT2D eigenvalue weighted by Crippen LogP contribution is -2.43.